The largest absolute Gasteiger partial charge is 0.497 e. The van der Waals surface area contributed by atoms with Crippen LogP contribution in [-0.4, -0.2) is 36.2 Å². The molecule has 0 aliphatic rings. The molecule has 2 rings (SSSR count). The number of carboxylic acid groups (broad SMARTS) is 1. The van der Waals surface area contributed by atoms with Crippen molar-refractivity contribution in [3.8, 4) is 5.75 Å². The average Bonchev–Trinajstić information content (AvgIpc) is 2.62. The molecule has 0 saturated carbocycles. The summed E-state index contributed by atoms with van der Waals surface area (Å²) in [5, 5.41) is 9.61. The van der Waals surface area contributed by atoms with E-state index < -0.39 is 18.1 Å². The molecule has 0 aliphatic carbocycles. The summed E-state index contributed by atoms with van der Waals surface area (Å²) >= 11 is 3.32. The summed E-state index contributed by atoms with van der Waals surface area (Å²) in [5.41, 5.74) is 1.21. The quantitative estimate of drug-likeness (QED) is 0.786. The number of methoxy groups -OCH3 is 1. The standard InChI is InChI=1S/C18H18BrNO5/c1-20(18(23)25-11-12-6-4-3-5-7-12)16(17(21)22)14-10-13(24-2)8-9-15(14)19/h3-10,16H,11H2,1-2H3,(H,21,22). The average molecular weight is 408 g/mol. The Kier molecular flexibility index (Phi) is 6.41. The highest BCUT2D eigenvalue weighted by molar-refractivity contribution is 9.10. The van der Waals surface area contributed by atoms with Crippen molar-refractivity contribution in [3.05, 3.63) is 64.1 Å². The molecule has 1 amide bonds. The number of carboxylic acids is 1. The van der Waals surface area contributed by atoms with E-state index in [0.717, 1.165) is 10.5 Å². The monoisotopic (exact) mass is 407 g/mol. The van der Waals surface area contributed by atoms with E-state index in [0.29, 0.717) is 15.8 Å². The highest BCUT2D eigenvalue weighted by Gasteiger charge is 2.31. The molecule has 2 aromatic rings. The zero-order valence-electron chi connectivity index (χ0n) is 13.8. The molecule has 1 atom stereocenters. The molecule has 0 aromatic heterocycles. The number of halogens is 1. The molecule has 0 heterocycles. The van der Waals surface area contributed by atoms with Crippen LogP contribution in [0.3, 0.4) is 0 Å². The van der Waals surface area contributed by atoms with Gasteiger partial charge in [0, 0.05) is 17.1 Å². The zero-order valence-corrected chi connectivity index (χ0v) is 15.4. The third-order valence-electron chi connectivity index (χ3n) is 3.61. The van der Waals surface area contributed by atoms with Crippen molar-refractivity contribution in [2.24, 2.45) is 0 Å². The lowest BCUT2D eigenvalue weighted by Crippen LogP contribution is -2.36. The number of hydrogen-bond acceptors (Lipinski definition) is 4. The smallest absolute Gasteiger partial charge is 0.410 e. The fourth-order valence-electron chi connectivity index (χ4n) is 2.29. The Morgan fingerprint density at radius 3 is 2.48 bits per heavy atom. The van der Waals surface area contributed by atoms with E-state index in [4.69, 9.17) is 9.47 Å². The number of aliphatic carboxylic acids is 1. The van der Waals surface area contributed by atoms with Crippen molar-refractivity contribution in [3.63, 3.8) is 0 Å². The third-order valence-corrected chi connectivity index (χ3v) is 4.33. The minimum Gasteiger partial charge on any atom is -0.497 e. The van der Waals surface area contributed by atoms with Gasteiger partial charge in [-0.15, -0.1) is 0 Å². The van der Waals surface area contributed by atoms with E-state index in [1.807, 2.05) is 30.3 Å². The maximum Gasteiger partial charge on any atom is 0.410 e. The first kappa shape index (κ1) is 18.8. The van der Waals surface area contributed by atoms with Crippen LogP contribution in [0.4, 0.5) is 4.79 Å². The van der Waals surface area contributed by atoms with Crippen LogP contribution in [0.1, 0.15) is 17.2 Å². The molecule has 0 spiro atoms. The maximum atomic E-state index is 12.3. The van der Waals surface area contributed by atoms with Crippen LogP contribution in [0.5, 0.6) is 5.75 Å². The second kappa shape index (κ2) is 8.53. The number of rotatable bonds is 6. The number of likely N-dealkylation sites (N-methyl/N-ethyl adjacent to an activating group) is 1. The van der Waals surface area contributed by atoms with Crippen LogP contribution >= 0.6 is 15.9 Å². The Balaban J connectivity index is 2.19. The number of amides is 1. The summed E-state index contributed by atoms with van der Waals surface area (Å²) in [5.74, 6) is -0.677. The minimum atomic E-state index is -1.22. The highest BCUT2D eigenvalue weighted by atomic mass is 79.9. The first-order chi connectivity index (χ1) is 11.9. The van der Waals surface area contributed by atoms with Crippen molar-refractivity contribution in [2.75, 3.05) is 14.2 Å². The van der Waals surface area contributed by atoms with Gasteiger partial charge in [-0.05, 0) is 23.8 Å². The van der Waals surface area contributed by atoms with E-state index in [1.54, 1.807) is 18.2 Å². The fourth-order valence-corrected chi connectivity index (χ4v) is 2.76. The number of ether oxygens (including phenoxy) is 2. The van der Waals surface area contributed by atoms with E-state index in [1.165, 1.54) is 14.2 Å². The van der Waals surface area contributed by atoms with Gasteiger partial charge in [0.15, 0.2) is 6.04 Å². The Morgan fingerprint density at radius 1 is 1.20 bits per heavy atom. The Bertz CT molecular complexity index is 750. The molecule has 1 unspecified atom stereocenters. The van der Waals surface area contributed by atoms with Crippen LogP contribution in [-0.2, 0) is 16.1 Å². The van der Waals surface area contributed by atoms with Crippen molar-refractivity contribution in [2.45, 2.75) is 12.6 Å². The normalized spacial score (nSPS) is 11.5. The highest BCUT2D eigenvalue weighted by Crippen LogP contribution is 2.31. The van der Waals surface area contributed by atoms with Crippen molar-refractivity contribution < 1.29 is 24.2 Å². The summed E-state index contributed by atoms with van der Waals surface area (Å²) in [4.78, 5) is 25.1. The fraction of sp³-hybridized carbons (Fsp3) is 0.222. The lowest BCUT2D eigenvalue weighted by molar-refractivity contribution is -0.142. The number of carbonyl (C=O) groups excluding carboxylic acids is 1. The van der Waals surface area contributed by atoms with Crippen LogP contribution in [0.2, 0.25) is 0 Å². The van der Waals surface area contributed by atoms with E-state index in [9.17, 15) is 14.7 Å². The molecule has 0 aliphatic heterocycles. The first-order valence-corrected chi connectivity index (χ1v) is 8.23. The molecule has 0 saturated heterocycles. The second-order valence-electron chi connectivity index (χ2n) is 5.28. The van der Waals surface area contributed by atoms with Gasteiger partial charge in [0.05, 0.1) is 7.11 Å². The first-order valence-electron chi connectivity index (χ1n) is 7.43. The molecule has 0 bridgehead atoms. The second-order valence-corrected chi connectivity index (χ2v) is 6.13. The maximum absolute atomic E-state index is 12.3. The van der Waals surface area contributed by atoms with Crippen molar-refractivity contribution >= 4 is 28.0 Å². The summed E-state index contributed by atoms with van der Waals surface area (Å²) in [6.07, 6.45) is -0.731. The van der Waals surface area contributed by atoms with E-state index >= 15 is 0 Å². The summed E-state index contributed by atoms with van der Waals surface area (Å²) in [6, 6.07) is 12.9. The lowest BCUT2D eigenvalue weighted by Gasteiger charge is -2.25. The van der Waals surface area contributed by atoms with Crippen LogP contribution in [0.25, 0.3) is 0 Å². The Hall–Kier alpha value is -2.54. The number of carbonyl (C=O) groups is 2. The molecular formula is C18H18BrNO5. The zero-order chi connectivity index (χ0) is 18.4. The molecule has 25 heavy (non-hydrogen) atoms. The molecular weight excluding hydrogens is 390 g/mol. The van der Waals surface area contributed by atoms with Crippen molar-refractivity contribution in [1.82, 2.24) is 4.90 Å². The molecule has 1 N–H and O–H groups in total. The molecule has 7 heteroatoms. The summed E-state index contributed by atoms with van der Waals surface area (Å²) < 4.78 is 10.9. The Morgan fingerprint density at radius 2 is 1.88 bits per heavy atom. The van der Waals surface area contributed by atoms with Gasteiger partial charge in [0.2, 0.25) is 0 Å². The van der Waals surface area contributed by atoms with Crippen molar-refractivity contribution in [1.29, 1.82) is 0 Å². The predicted octanol–water partition coefficient (Wildman–Crippen LogP) is 3.85. The van der Waals surface area contributed by atoms with Crippen LogP contribution in [0.15, 0.2) is 53.0 Å². The van der Waals surface area contributed by atoms with Gasteiger partial charge in [-0.2, -0.15) is 0 Å². The number of nitrogens with zero attached hydrogens (tertiary/aromatic N) is 1. The van der Waals surface area contributed by atoms with E-state index in [-0.39, 0.29) is 6.61 Å². The predicted molar refractivity (Wildman–Crippen MR) is 95.5 cm³/mol. The van der Waals surface area contributed by atoms with Gasteiger partial charge in [0.25, 0.3) is 0 Å². The van der Waals surface area contributed by atoms with Gasteiger partial charge < -0.3 is 14.6 Å². The molecule has 6 nitrogen and oxygen atoms in total. The van der Waals surface area contributed by atoms with Gasteiger partial charge in [0.1, 0.15) is 12.4 Å². The SMILES string of the molecule is COc1ccc(Br)c(C(C(=O)O)N(C)C(=O)OCc2ccccc2)c1. The van der Waals surface area contributed by atoms with Crippen LogP contribution in [0, 0.1) is 0 Å². The Labute approximate surface area is 154 Å². The van der Waals surface area contributed by atoms with E-state index in [2.05, 4.69) is 15.9 Å². The van der Waals surface area contributed by atoms with Gasteiger partial charge >= 0.3 is 12.1 Å². The third kappa shape index (κ3) is 4.73. The summed E-state index contributed by atoms with van der Waals surface area (Å²) in [7, 11) is 2.87. The topological polar surface area (TPSA) is 76.1 Å². The van der Waals surface area contributed by atoms with Gasteiger partial charge in [-0.25, -0.2) is 9.59 Å². The van der Waals surface area contributed by atoms with Crippen LogP contribution < -0.4 is 4.74 Å². The molecule has 132 valence electrons. The number of benzene rings is 2. The summed E-state index contributed by atoms with van der Waals surface area (Å²) in [6.45, 7) is 0.0651. The number of hydrogen-bond donors (Lipinski definition) is 1. The van der Waals surface area contributed by atoms with Gasteiger partial charge in [-0.3, -0.25) is 4.90 Å². The lowest BCUT2D eigenvalue weighted by atomic mass is 10.1. The molecule has 2 aromatic carbocycles. The van der Waals surface area contributed by atoms with Gasteiger partial charge in [-0.1, -0.05) is 46.3 Å². The molecule has 0 radical (unpaired) electrons. The molecule has 0 fully saturated rings. The minimum absolute atomic E-state index is 0.0651.